The number of hydrogen-bond acceptors (Lipinski definition) is 1. The van der Waals surface area contributed by atoms with Crippen LogP contribution in [-0.2, 0) is 0 Å². The third-order valence-electron chi connectivity index (χ3n) is 2.49. The van der Waals surface area contributed by atoms with Crippen LogP contribution in [0.5, 0.6) is 0 Å². The van der Waals surface area contributed by atoms with E-state index < -0.39 is 0 Å². The van der Waals surface area contributed by atoms with E-state index in [4.69, 9.17) is 0 Å². The molecule has 0 amide bonds. The molecule has 9 heavy (non-hydrogen) atoms. The lowest BCUT2D eigenvalue weighted by molar-refractivity contribution is 0.251. The Labute approximate surface area is 57.8 Å². The van der Waals surface area contributed by atoms with Crippen molar-refractivity contribution in [1.29, 1.82) is 0 Å². The van der Waals surface area contributed by atoms with Crippen molar-refractivity contribution >= 4 is 0 Å². The molecule has 0 aromatic carbocycles. The molecule has 1 aliphatic rings. The molecule has 1 rings (SSSR count). The summed E-state index contributed by atoms with van der Waals surface area (Å²) in [6, 6.07) is 0.746. The molecule has 0 aliphatic carbocycles. The van der Waals surface area contributed by atoms with Gasteiger partial charge in [-0.2, -0.15) is 0 Å². The number of hydrogen-bond donors (Lipinski definition) is 1. The number of rotatable bonds is 0. The Morgan fingerprint density at radius 3 is 2.22 bits per heavy atom. The molecule has 0 spiro atoms. The highest BCUT2D eigenvalue weighted by atomic mass is 14.9. The summed E-state index contributed by atoms with van der Waals surface area (Å²) in [6.45, 7) is 8.15. The summed E-state index contributed by atoms with van der Waals surface area (Å²) < 4.78 is 0. The molecular weight excluding hydrogens is 110 g/mol. The zero-order valence-corrected chi connectivity index (χ0v) is 6.65. The lowest BCUT2D eigenvalue weighted by atomic mass is 9.86. The average Bonchev–Trinajstić information content (AvgIpc) is 1.80. The second-order valence-electron chi connectivity index (χ2n) is 3.50. The van der Waals surface area contributed by atoms with Crippen molar-refractivity contribution in [3.05, 3.63) is 0 Å². The lowest BCUT2D eigenvalue weighted by Gasteiger charge is -2.30. The smallest absolute Gasteiger partial charge is 0.00414 e. The Bertz CT molecular complexity index is 90.6. The first-order chi connectivity index (χ1) is 4.20. The van der Waals surface area contributed by atoms with Crippen LogP contribution in [0, 0.1) is 11.8 Å². The van der Waals surface area contributed by atoms with Crippen LogP contribution in [0.1, 0.15) is 27.2 Å². The van der Waals surface area contributed by atoms with Crippen LogP contribution in [-0.4, -0.2) is 12.6 Å². The Balaban J connectivity index is 2.35. The second-order valence-corrected chi connectivity index (χ2v) is 3.50. The second kappa shape index (κ2) is 2.70. The molecule has 0 bridgehead atoms. The van der Waals surface area contributed by atoms with E-state index in [0.717, 1.165) is 17.9 Å². The topological polar surface area (TPSA) is 12.0 Å². The molecule has 0 radical (unpaired) electrons. The van der Waals surface area contributed by atoms with Crippen molar-refractivity contribution in [3.63, 3.8) is 0 Å². The Kier molecular flexibility index (Phi) is 2.12. The van der Waals surface area contributed by atoms with Crippen LogP contribution in [0.3, 0.4) is 0 Å². The van der Waals surface area contributed by atoms with Gasteiger partial charge in [0, 0.05) is 6.04 Å². The Hall–Kier alpha value is -0.0400. The van der Waals surface area contributed by atoms with E-state index in [1.807, 2.05) is 0 Å². The van der Waals surface area contributed by atoms with E-state index in [2.05, 4.69) is 26.1 Å². The lowest BCUT2D eigenvalue weighted by Crippen LogP contribution is -2.40. The van der Waals surface area contributed by atoms with E-state index in [-0.39, 0.29) is 0 Å². The summed E-state index contributed by atoms with van der Waals surface area (Å²) >= 11 is 0. The monoisotopic (exact) mass is 127 g/mol. The maximum atomic E-state index is 3.46. The van der Waals surface area contributed by atoms with Gasteiger partial charge in [-0.15, -0.1) is 0 Å². The summed E-state index contributed by atoms with van der Waals surface area (Å²) in [5, 5.41) is 3.46. The minimum Gasteiger partial charge on any atom is -0.314 e. The molecule has 0 aromatic heterocycles. The zero-order valence-electron chi connectivity index (χ0n) is 6.65. The van der Waals surface area contributed by atoms with Gasteiger partial charge in [-0.1, -0.05) is 13.8 Å². The van der Waals surface area contributed by atoms with Crippen molar-refractivity contribution in [3.8, 4) is 0 Å². The third-order valence-corrected chi connectivity index (χ3v) is 2.49. The van der Waals surface area contributed by atoms with Crippen LogP contribution in [0.2, 0.25) is 0 Å². The summed E-state index contributed by atoms with van der Waals surface area (Å²) in [5.74, 6) is 1.79. The van der Waals surface area contributed by atoms with Crippen molar-refractivity contribution in [1.82, 2.24) is 5.32 Å². The molecule has 0 aromatic rings. The Morgan fingerprint density at radius 1 is 1.11 bits per heavy atom. The predicted octanol–water partition coefficient (Wildman–Crippen LogP) is 1.64. The van der Waals surface area contributed by atoms with Gasteiger partial charge in [0.25, 0.3) is 0 Å². The average molecular weight is 127 g/mol. The van der Waals surface area contributed by atoms with Crippen molar-refractivity contribution in [2.45, 2.75) is 33.2 Å². The van der Waals surface area contributed by atoms with Crippen LogP contribution >= 0.6 is 0 Å². The fourth-order valence-corrected chi connectivity index (χ4v) is 1.46. The fourth-order valence-electron chi connectivity index (χ4n) is 1.46. The van der Waals surface area contributed by atoms with Crippen LogP contribution < -0.4 is 5.32 Å². The van der Waals surface area contributed by atoms with Gasteiger partial charge < -0.3 is 5.32 Å². The van der Waals surface area contributed by atoms with Crippen LogP contribution in [0.15, 0.2) is 0 Å². The summed E-state index contributed by atoms with van der Waals surface area (Å²) in [6.07, 6.45) is 1.35. The first-order valence-electron chi connectivity index (χ1n) is 3.93. The highest BCUT2D eigenvalue weighted by Crippen LogP contribution is 2.20. The van der Waals surface area contributed by atoms with Crippen LogP contribution in [0.25, 0.3) is 0 Å². The summed E-state index contributed by atoms with van der Waals surface area (Å²) in [7, 11) is 0. The molecule has 54 valence electrons. The first-order valence-corrected chi connectivity index (χ1v) is 3.93. The molecule has 1 heterocycles. The van der Waals surface area contributed by atoms with Gasteiger partial charge in [0.05, 0.1) is 0 Å². The Morgan fingerprint density at radius 2 is 1.78 bits per heavy atom. The maximum absolute atomic E-state index is 3.46. The molecule has 1 aliphatic heterocycles. The van der Waals surface area contributed by atoms with Gasteiger partial charge in [-0.3, -0.25) is 0 Å². The molecule has 1 nitrogen and oxygen atoms in total. The zero-order chi connectivity index (χ0) is 6.85. The highest BCUT2D eigenvalue weighted by molar-refractivity contribution is 4.76. The van der Waals surface area contributed by atoms with Gasteiger partial charge in [-0.25, -0.2) is 0 Å². The largest absolute Gasteiger partial charge is 0.314 e. The standard InChI is InChI=1S/C8H17N/c1-6-4-8(3)9-5-7(6)2/h6-9H,4-5H2,1-3H3/t6?,7-,8-/m1/s1. The minimum atomic E-state index is 0.746. The highest BCUT2D eigenvalue weighted by Gasteiger charge is 2.20. The minimum absolute atomic E-state index is 0.746. The van der Waals surface area contributed by atoms with E-state index in [0.29, 0.717) is 0 Å². The van der Waals surface area contributed by atoms with Crippen molar-refractivity contribution < 1.29 is 0 Å². The van der Waals surface area contributed by atoms with Gasteiger partial charge in [0.2, 0.25) is 0 Å². The molecule has 1 fully saturated rings. The maximum Gasteiger partial charge on any atom is 0.00414 e. The number of piperidine rings is 1. The molecule has 1 unspecified atom stereocenters. The van der Waals surface area contributed by atoms with Gasteiger partial charge in [0.15, 0.2) is 0 Å². The molecule has 1 saturated heterocycles. The number of nitrogens with one attached hydrogen (secondary N) is 1. The molecule has 3 atom stereocenters. The van der Waals surface area contributed by atoms with Crippen molar-refractivity contribution in [2.75, 3.05) is 6.54 Å². The van der Waals surface area contributed by atoms with Crippen molar-refractivity contribution in [2.24, 2.45) is 11.8 Å². The van der Waals surface area contributed by atoms with Gasteiger partial charge in [-0.05, 0) is 31.7 Å². The van der Waals surface area contributed by atoms with E-state index in [9.17, 15) is 0 Å². The predicted molar refractivity (Wildman–Crippen MR) is 40.4 cm³/mol. The quantitative estimate of drug-likeness (QED) is 0.521. The van der Waals surface area contributed by atoms with Gasteiger partial charge >= 0.3 is 0 Å². The fraction of sp³-hybridized carbons (Fsp3) is 1.00. The molecular formula is C8H17N. The summed E-state index contributed by atoms with van der Waals surface area (Å²) in [5.41, 5.74) is 0. The molecule has 1 N–H and O–H groups in total. The van der Waals surface area contributed by atoms with E-state index >= 15 is 0 Å². The van der Waals surface area contributed by atoms with E-state index in [1.54, 1.807) is 0 Å². The molecule has 1 heteroatoms. The van der Waals surface area contributed by atoms with Gasteiger partial charge in [0.1, 0.15) is 0 Å². The summed E-state index contributed by atoms with van der Waals surface area (Å²) in [4.78, 5) is 0. The third kappa shape index (κ3) is 1.68. The molecule has 0 saturated carbocycles. The van der Waals surface area contributed by atoms with Crippen LogP contribution in [0.4, 0.5) is 0 Å². The van der Waals surface area contributed by atoms with E-state index in [1.165, 1.54) is 13.0 Å². The SMILES string of the molecule is CC1C[C@@H](C)NC[C@H]1C. The normalized spacial score (nSPS) is 45.0. The first kappa shape index (κ1) is 7.07.